The van der Waals surface area contributed by atoms with Gasteiger partial charge < -0.3 is 0 Å². The van der Waals surface area contributed by atoms with Crippen LogP contribution in [-0.4, -0.2) is 15.2 Å². The van der Waals surface area contributed by atoms with E-state index in [-0.39, 0.29) is 0 Å². The maximum absolute atomic E-state index is 4.24. The Hall–Kier alpha value is -1.29. The maximum Gasteiger partial charge on any atom is 0.208 e. The van der Waals surface area contributed by atoms with E-state index in [0.717, 1.165) is 16.7 Å². The van der Waals surface area contributed by atoms with Gasteiger partial charge in [0, 0.05) is 5.75 Å². The third-order valence-electron chi connectivity index (χ3n) is 2.03. The Labute approximate surface area is 93.3 Å². The van der Waals surface area contributed by atoms with Crippen LogP contribution in [0, 0.1) is 13.8 Å². The number of aromatic amines is 1. The van der Waals surface area contributed by atoms with Crippen LogP contribution in [0.1, 0.15) is 17.0 Å². The van der Waals surface area contributed by atoms with Crippen molar-refractivity contribution in [2.24, 2.45) is 0 Å². The maximum atomic E-state index is 4.24. The quantitative estimate of drug-likeness (QED) is 0.807. The average Bonchev–Trinajstić information content (AvgIpc) is 2.62. The zero-order valence-electron chi connectivity index (χ0n) is 8.82. The summed E-state index contributed by atoms with van der Waals surface area (Å²) < 4.78 is 0. The molecule has 4 heteroatoms. The SMILES string of the molecule is Cc1cccc(CSc2n[nH]c(C)n2)c1. The summed E-state index contributed by atoms with van der Waals surface area (Å²) >= 11 is 1.65. The van der Waals surface area contributed by atoms with Crippen LogP contribution in [0.15, 0.2) is 29.4 Å². The highest BCUT2D eigenvalue weighted by Gasteiger charge is 2.01. The topological polar surface area (TPSA) is 41.6 Å². The number of nitrogens with zero attached hydrogens (tertiary/aromatic N) is 2. The van der Waals surface area contributed by atoms with Crippen LogP contribution in [0.25, 0.3) is 0 Å². The molecule has 0 aliphatic rings. The van der Waals surface area contributed by atoms with Crippen molar-refractivity contribution in [1.29, 1.82) is 0 Å². The lowest BCUT2D eigenvalue weighted by Crippen LogP contribution is -1.83. The van der Waals surface area contributed by atoms with Crippen LogP contribution in [0.5, 0.6) is 0 Å². The summed E-state index contributed by atoms with van der Waals surface area (Å²) in [5.41, 5.74) is 2.60. The van der Waals surface area contributed by atoms with Gasteiger partial charge >= 0.3 is 0 Å². The van der Waals surface area contributed by atoms with E-state index in [1.165, 1.54) is 11.1 Å². The highest BCUT2D eigenvalue weighted by Crippen LogP contribution is 2.19. The Morgan fingerprint density at radius 2 is 2.20 bits per heavy atom. The number of aryl methyl sites for hydroxylation is 2. The van der Waals surface area contributed by atoms with E-state index in [2.05, 4.69) is 46.4 Å². The Bertz CT molecular complexity index is 451. The minimum absolute atomic E-state index is 0.814. The molecule has 0 amide bonds. The minimum Gasteiger partial charge on any atom is -0.262 e. The van der Waals surface area contributed by atoms with Crippen molar-refractivity contribution in [1.82, 2.24) is 15.2 Å². The van der Waals surface area contributed by atoms with E-state index in [4.69, 9.17) is 0 Å². The van der Waals surface area contributed by atoms with Crippen molar-refractivity contribution in [3.8, 4) is 0 Å². The second-order valence-corrected chi connectivity index (χ2v) is 4.42. The highest BCUT2D eigenvalue weighted by atomic mass is 32.2. The average molecular weight is 219 g/mol. The fourth-order valence-corrected chi connectivity index (χ4v) is 2.12. The predicted octanol–water partition coefficient (Wildman–Crippen LogP) is 2.71. The van der Waals surface area contributed by atoms with Gasteiger partial charge in [-0.25, -0.2) is 4.98 Å². The van der Waals surface area contributed by atoms with E-state index in [9.17, 15) is 0 Å². The molecule has 3 nitrogen and oxygen atoms in total. The molecular weight excluding hydrogens is 206 g/mol. The normalized spacial score (nSPS) is 10.5. The molecule has 0 saturated heterocycles. The molecule has 2 aromatic rings. The number of hydrogen-bond donors (Lipinski definition) is 1. The third-order valence-corrected chi connectivity index (χ3v) is 2.95. The van der Waals surface area contributed by atoms with E-state index in [0.29, 0.717) is 0 Å². The Kier molecular flexibility index (Phi) is 3.06. The van der Waals surface area contributed by atoms with Gasteiger partial charge in [-0.15, -0.1) is 5.10 Å². The second kappa shape index (κ2) is 4.49. The van der Waals surface area contributed by atoms with Crippen LogP contribution in [0.2, 0.25) is 0 Å². The molecule has 1 aromatic carbocycles. The predicted molar refractivity (Wildman–Crippen MR) is 61.9 cm³/mol. The Balaban J connectivity index is 1.99. The van der Waals surface area contributed by atoms with Gasteiger partial charge in [-0.2, -0.15) is 0 Å². The number of aromatic nitrogens is 3. The van der Waals surface area contributed by atoms with E-state index < -0.39 is 0 Å². The molecule has 0 bridgehead atoms. The number of hydrogen-bond acceptors (Lipinski definition) is 3. The number of benzene rings is 1. The van der Waals surface area contributed by atoms with Crippen LogP contribution in [0.3, 0.4) is 0 Å². The number of nitrogens with one attached hydrogen (secondary N) is 1. The van der Waals surface area contributed by atoms with Gasteiger partial charge in [0.1, 0.15) is 5.82 Å². The summed E-state index contributed by atoms with van der Waals surface area (Å²) in [5.74, 6) is 1.78. The first-order valence-corrected chi connectivity index (χ1v) is 5.80. The summed E-state index contributed by atoms with van der Waals surface area (Å²) in [6.07, 6.45) is 0. The molecule has 1 N–H and O–H groups in total. The standard InChI is InChI=1S/C11H13N3S/c1-8-4-3-5-10(6-8)7-15-11-12-9(2)13-14-11/h3-6H,7H2,1-2H3,(H,12,13,14). The Morgan fingerprint density at radius 3 is 2.87 bits per heavy atom. The molecule has 1 heterocycles. The van der Waals surface area contributed by atoms with Crippen molar-refractivity contribution >= 4 is 11.8 Å². The lowest BCUT2D eigenvalue weighted by Gasteiger charge is -1.99. The third kappa shape index (κ3) is 2.83. The molecule has 2 rings (SSSR count). The minimum atomic E-state index is 0.814. The molecule has 0 atom stereocenters. The molecule has 1 aromatic heterocycles. The largest absolute Gasteiger partial charge is 0.262 e. The monoisotopic (exact) mass is 219 g/mol. The molecule has 0 fully saturated rings. The molecule has 78 valence electrons. The van der Waals surface area contributed by atoms with Gasteiger partial charge in [0.25, 0.3) is 0 Å². The highest BCUT2D eigenvalue weighted by molar-refractivity contribution is 7.98. The fraction of sp³-hybridized carbons (Fsp3) is 0.273. The van der Waals surface area contributed by atoms with Gasteiger partial charge in [-0.05, 0) is 19.4 Å². The summed E-state index contributed by atoms with van der Waals surface area (Å²) in [6.45, 7) is 4.01. The van der Waals surface area contributed by atoms with Crippen LogP contribution >= 0.6 is 11.8 Å². The van der Waals surface area contributed by atoms with Crippen molar-refractivity contribution in [3.63, 3.8) is 0 Å². The smallest absolute Gasteiger partial charge is 0.208 e. The molecule has 0 radical (unpaired) electrons. The van der Waals surface area contributed by atoms with Gasteiger partial charge in [-0.3, -0.25) is 5.10 Å². The summed E-state index contributed by atoms with van der Waals surface area (Å²) in [6, 6.07) is 8.49. The number of H-pyrrole nitrogens is 1. The summed E-state index contributed by atoms with van der Waals surface area (Å²) in [7, 11) is 0. The van der Waals surface area contributed by atoms with E-state index >= 15 is 0 Å². The molecule has 15 heavy (non-hydrogen) atoms. The van der Waals surface area contributed by atoms with Crippen LogP contribution in [0.4, 0.5) is 0 Å². The van der Waals surface area contributed by atoms with Gasteiger partial charge in [-0.1, -0.05) is 41.6 Å². The second-order valence-electron chi connectivity index (χ2n) is 3.48. The van der Waals surface area contributed by atoms with Gasteiger partial charge in [0.2, 0.25) is 5.16 Å². The fourth-order valence-electron chi connectivity index (χ4n) is 1.34. The zero-order valence-corrected chi connectivity index (χ0v) is 9.64. The lowest BCUT2D eigenvalue weighted by molar-refractivity contribution is 0.969. The summed E-state index contributed by atoms with van der Waals surface area (Å²) in [5, 5.41) is 7.73. The van der Waals surface area contributed by atoms with Crippen molar-refractivity contribution in [2.45, 2.75) is 24.8 Å². The van der Waals surface area contributed by atoms with Gasteiger partial charge in [0.05, 0.1) is 0 Å². The summed E-state index contributed by atoms with van der Waals surface area (Å²) in [4.78, 5) is 4.24. The van der Waals surface area contributed by atoms with Crippen LogP contribution < -0.4 is 0 Å². The van der Waals surface area contributed by atoms with E-state index in [1.807, 2.05) is 6.92 Å². The van der Waals surface area contributed by atoms with Crippen molar-refractivity contribution in [2.75, 3.05) is 0 Å². The molecule has 0 aliphatic heterocycles. The van der Waals surface area contributed by atoms with Crippen LogP contribution in [-0.2, 0) is 5.75 Å². The van der Waals surface area contributed by atoms with Crippen molar-refractivity contribution < 1.29 is 0 Å². The molecule has 0 spiro atoms. The Morgan fingerprint density at radius 1 is 1.33 bits per heavy atom. The van der Waals surface area contributed by atoms with Gasteiger partial charge in [0.15, 0.2) is 0 Å². The molecular formula is C11H13N3S. The lowest BCUT2D eigenvalue weighted by atomic mass is 10.2. The first-order valence-electron chi connectivity index (χ1n) is 4.81. The zero-order chi connectivity index (χ0) is 10.7. The number of thioether (sulfide) groups is 1. The van der Waals surface area contributed by atoms with E-state index in [1.54, 1.807) is 11.8 Å². The first-order chi connectivity index (χ1) is 7.24. The number of rotatable bonds is 3. The molecule has 0 saturated carbocycles. The molecule has 0 aliphatic carbocycles. The van der Waals surface area contributed by atoms with Crippen molar-refractivity contribution in [3.05, 3.63) is 41.2 Å². The first kappa shape index (κ1) is 10.2. The molecule has 0 unspecified atom stereocenters.